The molecule has 0 radical (unpaired) electrons. The maximum atomic E-state index is 13.0. The second-order valence-electron chi connectivity index (χ2n) is 7.21. The number of thiocarbonyl (C=S) groups is 1. The predicted molar refractivity (Wildman–Crippen MR) is 138 cm³/mol. The van der Waals surface area contributed by atoms with E-state index in [9.17, 15) is 29.8 Å². The van der Waals surface area contributed by atoms with Crippen LogP contribution in [0.3, 0.4) is 0 Å². The van der Waals surface area contributed by atoms with Crippen molar-refractivity contribution in [3.8, 4) is 5.75 Å². The molecule has 1 amide bonds. The number of anilines is 1. The van der Waals surface area contributed by atoms with Crippen molar-refractivity contribution in [2.75, 3.05) is 4.90 Å². The van der Waals surface area contributed by atoms with E-state index in [-0.39, 0.29) is 17.2 Å². The number of esters is 1. The molecule has 3 aromatic carbocycles. The van der Waals surface area contributed by atoms with Crippen LogP contribution < -0.4 is 9.64 Å². The zero-order chi connectivity index (χ0) is 26.0. The zero-order valence-electron chi connectivity index (χ0n) is 17.8. The first kappa shape index (κ1) is 25.0. The lowest BCUT2D eigenvalue weighted by Crippen LogP contribution is -2.27. The molecule has 0 bridgehead atoms. The molecule has 13 heteroatoms. The second kappa shape index (κ2) is 10.2. The first-order valence-corrected chi connectivity index (χ1v) is 11.5. The van der Waals surface area contributed by atoms with Gasteiger partial charge >= 0.3 is 5.97 Å². The molecule has 0 saturated carbocycles. The molecule has 1 aliphatic heterocycles. The molecule has 0 spiro atoms. The van der Waals surface area contributed by atoms with Crippen molar-refractivity contribution in [2.45, 2.75) is 0 Å². The van der Waals surface area contributed by atoms with E-state index < -0.39 is 27.2 Å². The van der Waals surface area contributed by atoms with Gasteiger partial charge in [0.2, 0.25) is 0 Å². The van der Waals surface area contributed by atoms with E-state index in [0.29, 0.717) is 25.5 Å². The Balaban J connectivity index is 1.57. The number of hydrogen-bond acceptors (Lipinski definition) is 9. The Morgan fingerprint density at radius 3 is 2.31 bits per heavy atom. The fraction of sp³-hybridized carbons (Fsp3) is 0. The molecule has 0 aliphatic carbocycles. The molecule has 4 rings (SSSR count). The Morgan fingerprint density at radius 2 is 1.67 bits per heavy atom. The number of benzene rings is 3. The highest BCUT2D eigenvalue weighted by molar-refractivity contribution is 8.27. The molecule has 10 nitrogen and oxygen atoms in total. The van der Waals surface area contributed by atoms with Crippen molar-refractivity contribution in [3.63, 3.8) is 0 Å². The SMILES string of the molecule is O=C(Oc1cccc(/C=C2/SC(=S)N(c3cccc(Cl)c3)C2=O)c1)c1cc([N+](=O)[O-])cc([N+](=O)[O-])c1. The lowest BCUT2D eigenvalue weighted by atomic mass is 10.1. The predicted octanol–water partition coefficient (Wildman–Crippen LogP) is 5.78. The van der Waals surface area contributed by atoms with E-state index in [4.69, 9.17) is 28.6 Å². The fourth-order valence-corrected chi connectivity index (χ4v) is 4.70. The molecule has 0 aromatic heterocycles. The first-order chi connectivity index (χ1) is 17.1. The minimum Gasteiger partial charge on any atom is -0.423 e. The summed E-state index contributed by atoms with van der Waals surface area (Å²) < 4.78 is 5.59. The standard InChI is InChI=1S/C23H12ClN3O7S2/c24-15-4-2-5-16(11-15)25-21(28)20(36-23(25)35)8-13-3-1-6-19(7-13)34-22(29)14-9-17(26(30)31)12-18(10-14)27(32)33/h1-12H/b20-8+. The number of nitro benzene ring substituents is 2. The summed E-state index contributed by atoms with van der Waals surface area (Å²) in [7, 11) is 0. The van der Waals surface area contributed by atoms with Crippen LogP contribution in [0.1, 0.15) is 15.9 Å². The first-order valence-electron chi connectivity index (χ1n) is 9.92. The molecule has 1 fully saturated rings. The van der Waals surface area contributed by atoms with Gasteiger partial charge in [0.05, 0.1) is 32.1 Å². The summed E-state index contributed by atoms with van der Waals surface area (Å²) in [6.45, 7) is 0. The number of non-ortho nitro benzene ring substituents is 2. The van der Waals surface area contributed by atoms with Crippen LogP contribution >= 0.6 is 35.6 Å². The number of hydrogen-bond donors (Lipinski definition) is 0. The maximum Gasteiger partial charge on any atom is 0.344 e. The summed E-state index contributed by atoms with van der Waals surface area (Å²) in [6.07, 6.45) is 1.57. The number of amides is 1. The van der Waals surface area contributed by atoms with Crippen LogP contribution in [0.25, 0.3) is 6.08 Å². The highest BCUT2D eigenvalue weighted by Gasteiger charge is 2.33. The smallest absolute Gasteiger partial charge is 0.344 e. The molecule has 0 unspecified atom stereocenters. The molecule has 0 atom stereocenters. The minimum absolute atomic E-state index is 0.0632. The molecule has 1 heterocycles. The lowest BCUT2D eigenvalue weighted by Gasteiger charge is -2.14. The molecular weight excluding hydrogens is 530 g/mol. The third-order valence-electron chi connectivity index (χ3n) is 4.79. The van der Waals surface area contributed by atoms with Crippen molar-refractivity contribution in [1.82, 2.24) is 0 Å². The summed E-state index contributed by atoms with van der Waals surface area (Å²) in [5.74, 6) is -1.31. The van der Waals surface area contributed by atoms with Gasteiger partial charge in [0.25, 0.3) is 17.3 Å². The number of nitro groups is 2. The minimum atomic E-state index is -1.02. The van der Waals surface area contributed by atoms with Gasteiger partial charge in [-0.2, -0.15) is 0 Å². The summed E-state index contributed by atoms with van der Waals surface area (Å²) in [5, 5.41) is 22.6. The van der Waals surface area contributed by atoms with Crippen molar-refractivity contribution in [2.24, 2.45) is 0 Å². The Morgan fingerprint density at radius 1 is 1.00 bits per heavy atom. The summed E-state index contributed by atoms with van der Waals surface area (Å²) in [5.41, 5.74) is -0.555. The average molecular weight is 542 g/mol. The van der Waals surface area contributed by atoms with Crippen molar-refractivity contribution < 1.29 is 24.2 Å². The number of halogens is 1. The highest BCUT2D eigenvalue weighted by atomic mass is 35.5. The summed E-state index contributed by atoms with van der Waals surface area (Å²) >= 11 is 12.5. The number of ether oxygens (including phenoxy) is 1. The number of rotatable bonds is 6. The molecule has 3 aromatic rings. The van der Waals surface area contributed by atoms with Crippen LogP contribution in [0.15, 0.2) is 71.6 Å². The van der Waals surface area contributed by atoms with Crippen LogP contribution in [-0.2, 0) is 4.79 Å². The molecule has 180 valence electrons. The van der Waals surface area contributed by atoms with Gasteiger partial charge < -0.3 is 4.74 Å². The number of carbonyl (C=O) groups is 2. The maximum absolute atomic E-state index is 13.0. The van der Waals surface area contributed by atoms with E-state index in [1.807, 2.05) is 0 Å². The number of carbonyl (C=O) groups excluding carboxylic acids is 2. The lowest BCUT2D eigenvalue weighted by molar-refractivity contribution is -0.394. The summed E-state index contributed by atoms with van der Waals surface area (Å²) in [6, 6.07) is 15.4. The zero-order valence-corrected chi connectivity index (χ0v) is 20.2. The molecular formula is C23H12ClN3O7S2. The van der Waals surface area contributed by atoms with Gasteiger partial charge in [0.1, 0.15) is 5.75 Å². The highest BCUT2D eigenvalue weighted by Crippen LogP contribution is 2.37. The van der Waals surface area contributed by atoms with Crippen molar-refractivity contribution in [3.05, 3.63) is 108 Å². The van der Waals surface area contributed by atoms with Gasteiger partial charge in [0, 0.05) is 17.2 Å². The molecule has 0 N–H and O–H groups in total. The van der Waals surface area contributed by atoms with Crippen LogP contribution in [0.2, 0.25) is 5.02 Å². The molecule has 1 aliphatic rings. The van der Waals surface area contributed by atoms with Gasteiger partial charge in [-0.05, 0) is 42.0 Å². The van der Waals surface area contributed by atoms with E-state index in [2.05, 4.69) is 0 Å². The molecule has 1 saturated heterocycles. The Hall–Kier alpha value is -4.13. The number of nitrogens with zero attached hydrogens (tertiary/aromatic N) is 3. The van der Waals surface area contributed by atoms with Crippen LogP contribution in [0.4, 0.5) is 17.1 Å². The fourth-order valence-electron chi connectivity index (χ4n) is 3.21. The third-order valence-corrected chi connectivity index (χ3v) is 6.32. The second-order valence-corrected chi connectivity index (χ2v) is 9.32. The largest absolute Gasteiger partial charge is 0.423 e. The monoisotopic (exact) mass is 541 g/mol. The van der Waals surface area contributed by atoms with E-state index >= 15 is 0 Å². The van der Waals surface area contributed by atoms with Gasteiger partial charge in [-0.1, -0.05) is 53.8 Å². The van der Waals surface area contributed by atoms with E-state index in [0.717, 1.165) is 30.0 Å². The topological polar surface area (TPSA) is 133 Å². The van der Waals surface area contributed by atoms with E-state index in [1.165, 1.54) is 17.0 Å². The van der Waals surface area contributed by atoms with Gasteiger partial charge in [-0.25, -0.2) is 4.79 Å². The van der Waals surface area contributed by atoms with Gasteiger partial charge in [0.15, 0.2) is 4.32 Å². The van der Waals surface area contributed by atoms with Crippen LogP contribution in [-0.4, -0.2) is 26.0 Å². The normalized spacial score (nSPS) is 14.2. The average Bonchev–Trinajstić information content (AvgIpc) is 3.11. The van der Waals surface area contributed by atoms with Crippen molar-refractivity contribution >= 4 is 74.9 Å². The Kier molecular flexibility index (Phi) is 7.10. The van der Waals surface area contributed by atoms with Gasteiger partial charge in [-0.15, -0.1) is 0 Å². The Bertz CT molecular complexity index is 1460. The van der Waals surface area contributed by atoms with Crippen molar-refractivity contribution in [1.29, 1.82) is 0 Å². The van der Waals surface area contributed by atoms with Crippen LogP contribution in [0, 0.1) is 20.2 Å². The summed E-state index contributed by atoms with van der Waals surface area (Å²) in [4.78, 5) is 47.7. The van der Waals surface area contributed by atoms with Gasteiger partial charge in [-0.3, -0.25) is 29.9 Å². The van der Waals surface area contributed by atoms with E-state index in [1.54, 1.807) is 42.5 Å². The van der Waals surface area contributed by atoms with Crippen LogP contribution in [0.5, 0.6) is 5.75 Å². The molecule has 36 heavy (non-hydrogen) atoms. The third kappa shape index (κ3) is 5.40. The Labute approximate surface area is 217 Å². The number of thioether (sulfide) groups is 1. The quantitative estimate of drug-likeness (QED) is 0.0950.